The molecule has 0 fully saturated rings. The summed E-state index contributed by atoms with van der Waals surface area (Å²) in [6, 6.07) is 11.4. The zero-order valence-corrected chi connectivity index (χ0v) is 15.8. The summed E-state index contributed by atoms with van der Waals surface area (Å²) >= 11 is 0. The monoisotopic (exact) mass is 434 g/mol. The average Bonchev–Trinajstić information content (AvgIpc) is 3.05. The van der Waals surface area contributed by atoms with Gasteiger partial charge in [0.1, 0.15) is 0 Å². The molecule has 1 aliphatic rings. The average molecular weight is 434 g/mol. The SMILES string of the molecule is O=C(Nc1ccccc1)c1cc([N+](=O)[O-])cc2c1-c1c(cc([N+](=O)[O-])cc1[N+](=O)[O-])C2=O. The molecular formula is C20H10N4O8. The van der Waals surface area contributed by atoms with Crippen molar-refractivity contribution in [2.24, 2.45) is 0 Å². The van der Waals surface area contributed by atoms with Crippen LogP contribution in [0, 0.1) is 30.3 Å². The van der Waals surface area contributed by atoms with Crippen LogP contribution in [0.4, 0.5) is 22.7 Å². The topological polar surface area (TPSA) is 176 Å². The Bertz CT molecular complexity index is 1370. The lowest BCUT2D eigenvalue weighted by atomic mass is 9.96. The third-order valence-electron chi connectivity index (χ3n) is 4.86. The van der Waals surface area contributed by atoms with Crippen molar-refractivity contribution < 1.29 is 24.4 Å². The molecule has 0 unspecified atom stereocenters. The first-order valence-corrected chi connectivity index (χ1v) is 8.89. The van der Waals surface area contributed by atoms with Crippen LogP contribution in [0.2, 0.25) is 0 Å². The third kappa shape index (κ3) is 3.21. The van der Waals surface area contributed by atoms with Gasteiger partial charge in [0.15, 0.2) is 5.78 Å². The van der Waals surface area contributed by atoms with E-state index in [1.165, 1.54) is 0 Å². The number of nitrogens with one attached hydrogen (secondary N) is 1. The van der Waals surface area contributed by atoms with Crippen molar-refractivity contribution in [1.82, 2.24) is 0 Å². The van der Waals surface area contributed by atoms with Gasteiger partial charge < -0.3 is 5.32 Å². The van der Waals surface area contributed by atoms with Crippen molar-refractivity contribution >= 4 is 34.4 Å². The van der Waals surface area contributed by atoms with Crippen LogP contribution in [0.1, 0.15) is 26.3 Å². The van der Waals surface area contributed by atoms with Gasteiger partial charge in [0, 0.05) is 40.6 Å². The summed E-state index contributed by atoms with van der Waals surface area (Å²) in [5.74, 6) is -1.73. The Morgan fingerprint density at radius 2 is 1.31 bits per heavy atom. The van der Waals surface area contributed by atoms with E-state index in [1.54, 1.807) is 30.3 Å². The standard InChI is InChI=1S/C20H10N4O8/c25-19-13-6-11(22(27)28)8-15(20(26)21-10-4-2-1-3-5-10)17(13)18-14(19)7-12(23(29)30)9-16(18)24(31)32/h1-9H,(H,21,26). The number of benzene rings is 3. The van der Waals surface area contributed by atoms with E-state index < -0.39 is 43.5 Å². The molecule has 4 rings (SSSR count). The lowest BCUT2D eigenvalue weighted by molar-refractivity contribution is -0.393. The highest BCUT2D eigenvalue weighted by molar-refractivity contribution is 6.27. The minimum absolute atomic E-state index is 0.189. The minimum Gasteiger partial charge on any atom is -0.322 e. The predicted octanol–water partition coefficient (Wildman–Crippen LogP) is 3.87. The number of carbonyl (C=O) groups excluding carboxylic acids is 2. The molecule has 0 saturated heterocycles. The fraction of sp³-hybridized carbons (Fsp3) is 0. The van der Waals surface area contributed by atoms with Crippen LogP contribution in [0.25, 0.3) is 11.1 Å². The quantitative estimate of drug-likeness (QED) is 0.363. The van der Waals surface area contributed by atoms with E-state index in [0.29, 0.717) is 11.8 Å². The van der Waals surface area contributed by atoms with Gasteiger partial charge in [-0.05, 0) is 12.1 Å². The number of rotatable bonds is 5. The highest BCUT2D eigenvalue weighted by Crippen LogP contribution is 2.47. The van der Waals surface area contributed by atoms with Gasteiger partial charge in [-0.15, -0.1) is 0 Å². The molecule has 0 heterocycles. The number of non-ortho nitro benzene ring substituents is 2. The predicted molar refractivity (Wildman–Crippen MR) is 110 cm³/mol. The molecule has 12 heteroatoms. The van der Waals surface area contributed by atoms with E-state index in [4.69, 9.17) is 0 Å². The van der Waals surface area contributed by atoms with E-state index in [-0.39, 0.29) is 27.8 Å². The van der Waals surface area contributed by atoms with E-state index in [0.717, 1.165) is 18.2 Å². The van der Waals surface area contributed by atoms with Crippen molar-refractivity contribution in [3.8, 4) is 11.1 Å². The molecule has 12 nitrogen and oxygen atoms in total. The molecule has 158 valence electrons. The molecule has 1 aliphatic carbocycles. The number of para-hydroxylation sites is 1. The summed E-state index contributed by atoms with van der Waals surface area (Å²) in [5, 5.41) is 36.8. The molecule has 0 aromatic heterocycles. The number of ketones is 1. The summed E-state index contributed by atoms with van der Waals surface area (Å²) in [6.07, 6.45) is 0. The first-order chi connectivity index (χ1) is 15.2. The molecule has 3 aromatic carbocycles. The maximum Gasteiger partial charge on any atom is 0.284 e. The number of fused-ring (bicyclic) bond motifs is 3. The molecule has 0 saturated carbocycles. The maximum atomic E-state index is 13.0. The number of nitrogens with zero attached hydrogens (tertiary/aromatic N) is 3. The fourth-order valence-electron chi connectivity index (χ4n) is 3.53. The Morgan fingerprint density at radius 1 is 0.750 bits per heavy atom. The second-order valence-corrected chi connectivity index (χ2v) is 6.72. The zero-order chi connectivity index (χ0) is 23.2. The summed E-state index contributed by atoms with van der Waals surface area (Å²) in [7, 11) is 0. The molecule has 3 aromatic rings. The molecule has 1 N–H and O–H groups in total. The summed E-state index contributed by atoms with van der Waals surface area (Å²) in [5.41, 5.74) is -3.22. The van der Waals surface area contributed by atoms with Gasteiger partial charge in [0.05, 0.1) is 32.0 Å². The largest absolute Gasteiger partial charge is 0.322 e. The molecule has 32 heavy (non-hydrogen) atoms. The van der Waals surface area contributed by atoms with Crippen LogP contribution in [-0.2, 0) is 0 Å². The molecule has 0 spiro atoms. The van der Waals surface area contributed by atoms with Crippen LogP contribution in [0.15, 0.2) is 54.6 Å². The highest BCUT2D eigenvalue weighted by Gasteiger charge is 2.40. The molecule has 0 radical (unpaired) electrons. The lowest BCUT2D eigenvalue weighted by Crippen LogP contribution is -2.14. The normalized spacial score (nSPS) is 11.4. The molecule has 0 atom stereocenters. The molecular weight excluding hydrogens is 424 g/mol. The van der Waals surface area contributed by atoms with E-state index in [9.17, 15) is 39.9 Å². The molecule has 0 aliphatic heterocycles. The Kier molecular flexibility index (Phi) is 4.66. The number of carbonyl (C=O) groups is 2. The van der Waals surface area contributed by atoms with E-state index >= 15 is 0 Å². The minimum atomic E-state index is -0.908. The number of anilines is 1. The second kappa shape index (κ2) is 7.36. The maximum absolute atomic E-state index is 13.0. The molecule has 0 bridgehead atoms. The first-order valence-electron chi connectivity index (χ1n) is 8.89. The Morgan fingerprint density at radius 3 is 1.88 bits per heavy atom. The van der Waals surface area contributed by atoms with Crippen LogP contribution < -0.4 is 5.32 Å². The van der Waals surface area contributed by atoms with Crippen molar-refractivity contribution in [3.63, 3.8) is 0 Å². The van der Waals surface area contributed by atoms with E-state index in [1.807, 2.05) is 0 Å². The van der Waals surface area contributed by atoms with E-state index in [2.05, 4.69) is 5.32 Å². The summed E-state index contributed by atoms with van der Waals surface area (Å²) in [4.78, 5) is 57.6. The Balaban J connectivity index is 2.01. The smallest absolute Gasteiger partial charge is 0.284 e. The number of amides is 1. The number of nitro benzene ring substituents is 3. The summed E-state index contributed by atoms with van der Waals surface area (Å²) < 4.78 is 0. The van der Waals surface area contributed by atoms with Crippen LogP contribution >= 0.6 is 0 Å². The van der Waals surface area contributed by atoms with Crippen molar-refractivity contribution in [3.05, 3.63) is 102 Å². The van der Waals surface area contributed by atoms with Crippen LogP contribution in [-0.4, -0.2) is 26.5 Å². The van der Waals surface area contributed by atoms with Gasteiger partial charge in [-0.1, -0.05) is 18.2 Å². The van der Waals surface area contributed by atoms with Gasteiger partial charge in [-0.2, -0.15) is 0 Å². The Hall–Kier alpha value is -5.00. The number of hydrogen-bond donors (Lipinski definition) is 1. The Labute approximate surface area is 177 Å². The van der Waals surface area contributed by atoms with Gasteiger partial charge in [0.25, 0.3) is 23.0 Å². The second-order valence-electron chi connectivity index (χ2n) is 6.72. The molecule has 1 amide bonds. The number of hydrogen-bond acceptors (Lipinski definition) is 8. The van der Waals surface area contributed by atoms with Crippen LogP contribution in [0.3, 0.4) is 0 Å². The van der Waals surface area contributed by atoms with Crippen LogP contribution in [0.5, 0.6) is 0 Å². The van der Waals surface area contributed by atoms with Gasteiger partial charge in [-0.3, -0.25) is 39.9 Å². The van der Waals surface area contributed by atoms with Crippen molar-refractivity contribution in [2.75, 3.05) is 5.32 Å². The van der Waals surface area contributed by atoms with Gasteiger partial charge in [-0.25, -0.2) is 0 Å². The lowest BCUT2D eigenvalue weighted by Gasteiger charge is -2.10. The summed E-state index contributed by atoms with van der Waals surface area (Å²) in [6.45, 7) is 0. The highest BCUT2D eigenvalue weighted by atomic mass is 16.6. The van der Waals surface area contributed by atoms with Crippen molar-refractivity contribution in [2.45, 2.75) is 0 Å². The third-order valence-corrected chi connectivity index (χ3v) is 4.86. The van der Waals surface area contributed by atoms with Crippen molar-refractivity contribution in [1.29, 1.82) is 0 Å². The first kappa shape index (κ1) is 20.3. The fourth-order valence-corrected chi connectivity index (χ4v) is 3.53. The number of nitro groups is 3. The van der Waals surface area contributed by atoms with Gasteiger partial charge >= 0.3 is 0 Å². The zero-order valence-electron chi connectivity index (χ0n) is 15.8. The van der Waals surface area contributed by atoms with Gasteiger partial charge in [0.2, 0.25) is 0 Å².